The van der Waals surface area contributed by atoms with Crippen molar-refractivity contribution in [3.05, 3.63) is 29.1 Å². The molecule has 8 heteroatoms. The number of halogens is 3. The molecule has 1 aromatic heterocycles. The number of alkyl halides is 3. The molecule has 0 unspecified atom stereocenters. The number of nitrogens with zero attached hydrogens (tertiary/aromatic N) is 4. The highest BCUT2D eigenvalue weighted by Gasteiger charge is 2.38. The van der Waals surface area contributed by atoms with Crippen LogP contribution in [0.2, 0.25) is 0 Å². The molecule has 0 saturated heterocycles. The van der Waals surface area contributed by atoms with Crippen LogP contribution in [0.5, 0.6) is 0 Å². The van der Waals surface area contributed by atoms with Crippen molar-refractivity contribution in [3.63, 3.8) is 0 Å². The van der Waals surface area contributed by atoms with Crippen LogP contribution in [0.15, 0.2) is 17.0 Å². The van der Waals surface area contributed by atoms with Gasteiger partial charge in [-0.1, -0.05) is 19.9 Å². The number of rotatable bonds is 3. The van der Waals surface area contributed by atoms with E-state index in [0.717, 1.165) is 11.1 Å². The molecule has 0 amide bonds. The molecule has 0 fully saturated rings. The Hall–Kier alpha value is -1.70. The molecule has 0 N–H and O–H groups in total. The highest BCUT2D eigenvalue weighted by Crippen LogP contribution is 2.33. The molecule has 0 saturated carbocycles. The minimum atomic E-state index is -4.59. The average molecular weight is 344 g/mol. The minimum absolute atomic E-state index is 0.117. The minimum Gasteiger partial charge on any atom is -0.347 e. The molecule has 126 valence electrons. The van der Waals surface area contributed by atoms with Gasteiger partial charge in [-0.05, 0) is 30.0 Å². The number of benzene rings is 1. The van der Waals surface area contributed by atoms with Gasteiger partial charge in [-0.15, -0.1) is 17.7 Å². The highest BCUT2D eigenvalue weighted by molar-refractivity contribution is 7.80. The SMILES string of the molecule is Cc1cc(C(C)C)c(-n2nc(C(F)(F)F)nc2N(C)C)cc1S. The Morgan fingerprint density at radius 1 is 1.22 bits per heavy atom. The monoisotopic (exact) mass is 344 g/mol. The van der Waals surface area contributed by atoms with Crippen molar-refractivity contribution in [3.8, 4) is 5.69 Å². The third kappa shape index (κ3) is 3.46. The van der Waals surface area contributed by atoms with Crippen LogP contribution in [-0.4, -0.2) is 28.9 Å². The van der Waals surface area contributed by atoms with Gasteiger partial charge in [0.05, 0.1) is 5.69 Å². The largest absolute Gasteiger partial charge is 0.453 e. The van der Waals surface area contributed by atoms with Gasteiger partial charge in [0.25, 0.3) is 5.82 Å². The van der Waals surface area contributed by atoms with Gasteiger partial charge in [0.2, 0.25) is 5.95 Å². The van der Waals surface area contributed by atoms with E-state index in [-0.39, 0.29) is 11.9 Å². The predicted octanol–water partition coefficient (Wildman–Crippen LogP) is 4.07. The Morgan fingerprint density at radius 3 is 2.30 bits per heavy atom. The smallest absolute Gasteiger partial charge is 0.347 e. The van der Waals surface area contributed by atoms with Crippen molar-refractivity contribution in [1.29, 1.82) is 0 Å². The number of hydrogen-bond donors (Lipinski definition) is 1. The summed E-state index contributed by atoms with van der Waals surface area (Å²) in [5, 5.41) is 3.69. The van der Waals surface area contributed by atoms with Crippen LogP contribution in [-0.2, 0) is 6.18 Å². The number of aromatic nitrogens is 3. The third-order valence-corrected chi connectivity index (χ3v) is 3.92. The van der Waals surface area contributed by atoms with E-state index < -0.39 is 12.0 Å². The number of aryl methyl sites for hydroxylation is 1. The summed E-state index contributed by atoms with van der Waals surface area (Å²) in [6, 6.07) is 3.66. The zero-order valence-corrected chi connectivity index (χ0v) is 14.5. The van der Waals surface area contributed by atoms with E-state index in [1.165, 1.54) is 9.58 Å². The van der Waals surface area contributed by atoms with Gasteiger partial charge >= 0.3 is 6.18 Å². The van der Waals surface area contributed by atoms with Crippen LogP contribution >= 0.6 is 12.6 Å². The maximum Gasteiger partial charge on any atom is 0.453 e. The molecule has 2 rings (SSSR count). The van der Waals surface area contributed by atoms with Gasteiger partial charge in [0.1, 0.15) is 0 Å². The summed E-state index contributed by atoms with van der Waals surface area (Å²) < 4.78 is 40.2. The van der Waals surface area contributed by atoms with Crippen LogP contribution < -0.4 is 4.90 Å². The van der Waals surface area contributed by atoms with Gasteiger partial charge in [-0.3, -0.25) is 0 Å². The normalized spacial score (nSPS) is 12.1. The van der Waals surface area contributed by atoms with Crippen molar-refractivity contribution in [1.82, 2.24) is 14.8 Å². The zero-order chi connectivity index (χ0) is 17.5. The lowest BCUT2D eigenvalue weighted by Crippen LogP contribution is -2.16. The topological polar surface area (TPSA) is 34.0 Å². The van der Waals surface area contributed by atoms with Crippen LogP contribution in [0, 0.1) is 6.92 Å². The fraction of sp³-hybridized carbons (Fsp3) is 0.467. The van der Waals surface area contributed by atoms with Crippen LogP contribution in [0.1, 0.15) is 36.7 Å². The van der Waals surface area contributed by atoms with Crippen molar-refractivity contribution in [2.24, 2.45) is 0 Å². The predicted molar refractivity (Wildman–Crippen MR) is 86.8 cm³/mol. The molecular formula is C15H19F3N4S. The Bertz CT molecular complexity index is 720. The summed E-state index contributed by atoms with van der Waals surface area (Å²) >= 11 is 4.39. The second kappa shape index (κ2) is 6.07. The second-order valence-corrected chi connectivity index (χ2v) is 6.37. The number of anilines is 1. The molecule has 2 aromatic rings. The molecule has 0 spiro atoms. The quantitative estimate of drug-likeness (QED) is 0.852. The average Bonchev–Trinajstić information content (AvgIpc) is 2.86. The fourth-order valence-corrected chi connectivity index (χ4v) is 2.42. The van der Waals surface area contributed by atoms with E-state index in [0.29, 0.717) is 10.6 Å². The van der Waals surface area contributed by atoms with Crippen molar-refractivity contribution < 1.29 is 13.2 Å². The first-order chi connectivity index (χ1) is 10.5. The first-order valence-corrected chi connectivity index (χ1v) is 7.52. The van der Waals surface area contributed by atoms with Gasteiger partial charge < -0.3 is 4.90 Å². The summed E-state index contributed by atoms with van der Waals surface area (Å²) in [7, 11) is 3.26. The first-order valence-electron chi connectivity index (χ1n) is 7.07. The Labute approximate surface area is 138 Å². The Morgan fingerprint density at radius 2 is 1.83 bits per heavy atom. The molecule has 0 atom stereocenters. The lowest BCUT2D eigenvalue weighted by molar-refractivity contribution is -0.144. The van der Waals surface area contributed by atoms with Crippen LogP contribution in [0.4, 0.5) is 19.1 Å². The molecule has 1 heterocycles. The summed E-state index contributed by atoms with van der Waals surface area (Å²) in [4.78, 5) is 5.83. The fourth-order valence-electron chi connectivity index (χ4n) is 2.23. The maximum absolute atomic E-state index is 13.0. The van der Waals surface area contributed by atoms with Crippen molar-refractivity contribution in [2.45, 2.75) is 37.8 Å². The number of thiol groups is 1. The molecule has 0 bridgehead atoms. The highest BCUT2D eigenvalue weighted by atomic mass is 32.1. The van der Waals surface area contributed by atoms with Gasteiger partial charge in [-0.2, -0.15) is 22.8 Å². The molecular weight excluding hydrogens is 325 g/mol. The van der Waals surface area contributed by atoms with Gasteiger partial charge in [-0.25, -0.2) is 0 Å². The van der Waals surface area contributed by atoms with E-state index in [9.17, 15) is 13.2 Å². The molecule has 23 heavy (non-hydrogen) atoms. The lowest BCUT2D eigenvalue weighted by atomic mass is 9.99. The standard InChI is InChI=1S/C15H19F3N4S/c1-8(2)10-6-9(3)12(23)7-11(10)22-14(21(4)5)19-13(20-22)15(16,17)18/h6-8,23H,1-5H3. The van der Waals surface area contributed by atoms with Gasteiger partial charge in [0.15, 0.2) is 0 Å². The molecule has 1 aromatic carbocycles. The first kappa shape index (κ1) is 17.7. The summed E-state index contributed by atoms with van der Waals surface area (Å²) in [6.45, 7) is 5.87. The third-order valence-electron chi connectivity index (χ3n) is 3.44. The van der Waals surface area contributed by atoms with Gasteiger partial charge in [0, 0.05) is 19.0 Å². The maximum atomic E-state index is 13.0. The Kier molecular flexibility index (Phi) is 4.66. The molecule has 0 radical (unpaired) electrons. The second-order valence-electron chi connectivity index (χ2n) is 5.89. The van der Waals surface area contributed by atoms with Crippen LogP contribution in [0.3, 0.4) is 0 Å². The number of hydrogen-bond acceptors (Lipinski definition) is 4. The van der Waals surface area contributed by atoms with Crippen molar-refractivity contribution >= 4 is 18.6 Å². The molecule has 0 aliphatic carbocycles. The van der Waals surface area contributed by atoms with Crippen molar-refractivity contribution in [2.75, 3.05) is 19.0 Å². The lowest BCUT2D eigenvalue weighted by Gasteiger charge is -2.18. The summed E-state index contributed by atoms with van der Waals surface area (Å²) in [5.74, 6) is -0.917. The molecule has 0 aliphatic rings. The van der Waals surface area contributed by atoms with E-state index in [4.69, 9.17) is 0 Å². The van der Waals surface area contributed by atoms with E-state index in [1.54, 1.807) is 20.2 Å². The summed E-state index contributed by atoms with van der Waals surface area (Å²) in [6.07, 6.45) is -4.59. The Balaban J connectivity index is 2.75. The van der Waals surface area contributed by atoms with E-state index >= 15 is 0 Å². The molecule has 4 nitrogen and oxygen atoms in total. The molecule has 0 aliphatic heterocycles. The summed E-state index contributed by atoms with van der Waals surface area (Å²) in [5.41, 5.74) is 2.41. The zero-order valence-electron chi connectivity index (χ0n) is 13.6. The van der Waals surface area contributed by atoms with E-state index in [2.05, 4.69) is 22.7 Å². The van der Waals surface area contributed by atoms with E-state index in [1.807, 2.05) is 26.8 Å². The van der Waals surface area contributed by atoms with Crippen LogP contribution in [0.25, 0.3) is 5.69 Å².